The minimum absolute atomic E-state index is 0.0789. The van der Waals surface area contributed by atoms with Gasteiger partial charge in [-0.1, -0.05) is 11.6 Å². The first kappa shape index (κ1) is 17.6. The number of nitrogens with one attached hydrogen (secondary N) is 1. The van der Waals surface area contributed by atoms with Crippen molar-refractivity contribution in [1.29, 1.82) is 0 Å². The van der Waals surface area contributed by atoms with Crippen LogP contribution >= 0.6 is 11.6 Å². The van der Waals surface area contributed by atoms with Crippen LogP contribution in [0.2, 0.25) is 5.02 Å². The van der Waals surface area contributed by atoms with Crippen molar-refractivity contribution in [2.24, 2.45) is 5.73 Å². The summed E-state index contributed by atoms with van der Waals surface area (Å²) in [5.74, 6) is -1.52. The van der Waals surface area contributed by atoms with Crippen molar-refractivity contribution in [3.8, 4) is 0 Å². The lowest BCUT2D eigenvalue weighted by Gasteiger charge is -2.38. The molecule has 8 heteroatoms. The SMILES string of the molecule is CCOC(=O)C1=C(N)OC2=C(C(=O)CCC2)[C@]12C(=O)Nc1ccc(Cl)cc12. The highest BCUT2D eigenvalue weighted by molar-refractivity contribution is 6.31. The third-order valence-electron chi connectivity index (χ3n) is 5.05. The van der Waals surface area contributed by atoms with Crippen LogP contribution < -0.4 is 11.1 Å². The van der Waals surface area contributed by atoms with Gasteiger partial charge in [0.1, 0.15) is 16.7 Å². The first-order chi connectivity index (χ1) is 12.9. The van der Waals surface area contributed by atoms with Crippen LogP contribution in [0.1, 0.15) is 31.7 Å². The smallest absolute Gasteiger partial charge is 0.341 e. The molecule has 1 aromatic carbocycles. The van der Waals surface area contributed by atoms with Crippen LogP contribution in [0.25, 0.3) is 0 Å². The third kappa shape index (κ3) is 2.31. The summed E-state index contributed by atoms with van der Waals surface area (Å²) in [6.45, 7) is 1.72. The number of esters is 1. The molecule has 27 heavy (non-hydrogen) atoms. The zero-order valence-corrected chi connectivity index (χ0v) is 15.3. The molecule has 1 atom stereocenters. The van der Waals surface area contributed by atoms with E-state index < -0.39 is 17.3 Å². The van der Waals surface area contributed by atoms with Gasteiger partial charge in [-0.25, -0.2) is 4.79 Å². The van der Waals surface area contributed by atoms with Crippen molar-refractivity contribution >= 4 is 34.9 Å². The number of amides is 1. The van der Waals surface area contributed by atoms with Gasteiger partial charge in [-0.15, -0.1) is 0 Å². The Balaban J connectivity index is 2.08. The largest absolute Gasteiger partial charge is 0.462 e. The normalized spacial score (nSPS) is 23.8. The number of benzene rings is 1. The summed E-state index contributed by atoms with van der Waals surface area (Å²) >= 11 is 6.18. The zero-order chi connectivity index (χ0) is 19.3. The van der Waals surface area contributed by atoms with E-state index in [-0.39, 0.29) is 35.8 Å². The molecule has 7 nitrogen and oxygen atoms in total. The Bertz CT molecular complexity index is 965. The average Bonchev–Trinajstić information content (AvgIpc) is 2.87. The third-order valence-corrected chi connectivity index (χ3v) is 5.28. The molecule has 4 rings (SSSR count). The number of halogens is 1. The van der Waals surface area contributed by atoms with Crippen LogP contribution in [0.5, 0.6) is 0 Å². The first-order valence-corrected chi connectivity index (χ1v) is 9.02. The van der Waals surface area contributed by atoms with E-state index in [0.29, 0.717) is 34.9 Å². The van der Waals surface area contributed by atoms with Crippen LogP contribution in [-0.2, 0) is 29.3 Å². The summed E-state index contributed by atoms with van der Waals surface area (Å²) in [5.41, 5.74) is 5.18. The number of ketones is 1. The van der Waals surface area contributed by atoms with Gasteiger partial charge in [0.05, 0.1) is 12.2 Å². The van der Waals surface area contributed by atoms with Gasteiger partial charge < -0.3 is 20.5 Å². The minimum Gasteiger partial charge on any atom is -0.462 e. The van der Waals surface area contributed by atoms with E-state index in [1.54, 1.807) is 25.1 Å². The number of hydrogen-bond acceptors (Lipinski definition) is 6. The number of carbonyl (C=O) groups is 3. The second-order valence-corrected chi connectivity index (χ2v) is 6.97. The van der Waals surface area contributed by atoms with Crippen LogP contribution in [-0.4, -0.2) is 24.3 Å². The predicted molar refractivity (Wildman–Crippen MR) is 96.6 cm³/mol. The van der Waals surface area contributed by atoms with Crippen molar-refractivity contribution in [3.05, 3.63) is 51.6 Å². The van der Waals surface area contributed by atoms with Crippen LogP contribution in [0.15, 0.2) is 41.0 Å². The molecule has 0 bridgehead atoms. The number of fused-ring (bicyclic) bond motifs is 3. The van der Waals surface area contributed by atoms with Crippen molar-refractivity contribution in [2.45, 2.75) is 31.6 Å². The van der Waals surface area contributed by atoms with E-state index >= 15 is 0 Å². The van der Waals surface area contributed by atoms with Crippen LogP contribution in [0.4, 0.5) is 5.69 Å². The molecular weight excluding hydrogens is 372 g/mol. The van der Waals surface area contributed by atoms with Crippen molar-refractivity contribution in [3.63, 3.8) is 0 Å². The van der Waals surface area contributed by atoms with E-state index in [4.69, 9.17) is 26.8 Å². The number of hydrogen-bond donors (Lipinski definition) is 2. The van der Waals surface area contributed by atoms with Gasteiger partial charge in [0.2, 0.25) is 11.8 Å². The summed E-state index contributed by atoms with van der Waals surface area (Å²) in [6.07, 6.45) is 1.28. The molecule has 0 fully saturated rings. The molecule has 140 valence electrons. The lowest BCUT2D eigenvalue weighted by atomic mass is 9.65. The van der Waals surface area contributed by atoms with E-state index in [9.17, 15) is 14.4 Å². The van der Waals surface area contributed by atoms with Gasteiger partial charge in [-0.3, -0.25) is 9.59 Å². The van der Waals surface area contributed by atoms with Crippen LogP contribution in [0, 0.1) is 0 Å². The lowest BCUT2D eigenvalue weighted by Crippen LogP contribution is -2.49. The summed E-state index contributed by atoms with van der Waals surface area (Å²) < 4.78 is 10.8. The molecule has 0 radical (unpaired) electrons. The Labute approximate surface area is 160 Å². The van der Waals surface area contributed by atoms with E-state index in [1.165, 1.54) is 0 Å². The standard InChI is InChI=1S/C19H17ClN2O5/c1-2-26-17(24)15-16(21)27-13-5-3-4-12(23)14(13)19(15)10-8-9(20)6-7-11(10)22-18(19)25/h6-8H,2-5,21H2,1H3,(H,22,25)/t19-/m0/s1. The lowest BCUT2D eigenvalue weighted by molar-refractivity contribution is -0.141. The summed E-state index contributed by atoms with van der Waals surface area (Å²) in [4.78, 5) is 39.0. The molecule has 1 aromatic rings. The molecule has 3 aliphatic rings. The molecule has 0 aromatic heterocycles. The maximum absolute atomic E-state index is 13.3. The highest BCUT2D eigenvalue weighted by Crippen LogP contribution is 2.54. The zero-order valence-electron chi connectivity index (χ0n) is 14.6. The molecule has 0 saturated heterocycles. The quantitative estimate of drug-likeness (QED) is 0.753. The summed E-state index contributed by atoms with van der Waals surface area (Å²) in [5, 5.41) is 3.11. The maximum Gasteiger partial charge on any atom is 0.341 e. The highest BCUT2D eigenvalue weighted by atomic mass is 35.5. The second kappa shape index (κ2) is 6.13. The molecule has 0 saturated carbocycles. The van der Waals surface area contributed by atoms with Gasteiger partial charge in [0, 0.05) is 29.1 Å². The fraction of sp³-hybridized carbons (Fsp3) is 0.316. The van der Waals surface area contributed by atoms with Gasteiger partial charge in [0.25, 0.3) is 0 Å². The van der Waals surface area contributed by atoms with E-state index in [1.807, 2.05) is 0 Å². The van der Waals surface area contributed by atoms with Crippen LogP contribution in [0.3, 0.4) is 0 Å². The van der Waals surface area contributed by atoms with Gasteiger partial charge in [0.15, 0.2) is 5.78 Å². The Morgan fingerprint density at radius 1 is 1.37 bits per heavy atom. The highest BCUT2D eigenvalue weighted by Gasteiger charge is 2.61. The molecule has 0 unspecified atom stereocenters. The number of ether oxygens (including phenoxy) is 2. The Kier molecular flexibility index (Phi) is 3.99. The Morgan fingerprint density at radius 2 is 2.15 bits per heavy atom. The number of Topliss-reactive ketones (excluding diaryl/α,β-unsaturated/α-hetero) is 1. The first-order valence-electron chi connectivity index (χ1n) is 8.64. The summed E-state index contributed by atoms with van der Waals surface area (Å²) in [7, 11) is 0. The Hall–Kier alpha value is -2.80. The number of carbonyl (C=O) groups excluding carboxylic acids is 3. The molecule has 2 heterocycles. The topological polar surface area (TPSA) is 108 Å². The molecule has 1 spiro atoms. The summed E-state index contributed by atoms with van der Waals surface area (Å²) in [6, 6.07) is 4.82. The number of anilines is 1. The van der Waals surface area contributed by atoms with Crippen molar-refractivity contribution in [2.75, 3.05) is 11.9 Å². The average molecular weight is 389 g/mol. The second-order valence-electron chi connectivity index (χ2n) is 6.53. The number of rotatable bonds is 2. The van der Waals surface area contributed by atoms with Crippen molar-refractivity contribution in [1.82, 2.24) is 0 Å². The Morgan fingerprint density at radius 3 is 2.89 bits per heavy atom. The fourth-order valence-corrected chi connectivity index (χ4v) is 4.23. The number of allylic oxidation sites excluding steroid dienone is 1. The fourth-order valence-electron chi connectivity index (χ4n) is 4.06. The molecule has 1 aliphatic carbocycles. The van der Waals surface area contributed by atoms with Gasteiger partial charge in [-0.05, 0) is 31.5 Å². The minimum atomic E-state index is -1.72. The monoisotopic (exact) mass is 388 g/mol. The maximum atomic E-state index is 13.3. The van der Waals surface area contributed by atoms with E-state index in [2.05, 4.69) is 5.32 Å². The molecule has 2 aliphatic heterocycles. The molecular formula is C19H17ClN2O5. The van der Waals surface area contributed by atoms with E-state index in [0.717, 1.165) is 0 Å². The molecule has 1 amide bonds. The predicted octanol–water partition coefficient (Wildman–Crippen LogP) is 2.30. The van der Waals surface area contributed by atoms with Gasteiger partial charge >= 0.3 is 5.97 Å². The molecule has 3 N–H and O–H groups in total. The van der Waals surface area contributed by atoms with Gasteiger partial charge in [-0.2, -0.15) is 0 Å². The van der Waals surface area contributed by atoms with Crippen molar-refractivity contribution < 1.29 is 23.9 Å². The number of nitrogens with two attached hydrogens (primary N) is 1.